The Morgan fingerprint density at radius 1 is 1.25 bits per heavy atom. The Hall–Kier alpha value is -0.300. The molecule has 0 radical (unpaired) electrons. The molecular weight excluding hydrogens is 146 g/mol. The lowest BCUT2D eigenvalue weighted by Crippen LogP contribution is -2.21. The molecule has 0 saturated heterocycles. The van der Waals surface area contributed by atoms with Gasteiger partial charge in [-0.1, -0.05) is 26.8 Å². The fourth-order valence-corrected chi connectivity index (χ4v) is 0.960. The van der Waals surface area contributed by atoms with E-state index >= 15 is 0 Å². The van der Waals surface area contributed by atoms with Crippen molar-refractivity contribution in [3.8, 4) is 0 Å². The first-order valence-electron chi connectivity index (χ1n) is 4.88. The van der Waals surface area contributed by atoms with Gasteiger partial charge >= 0.3 is 0 Å². The smallest absolute Gasteiger partial charge is 0.00439 e. The predicted molar refractivity (Wildman–Crippen MR) is 56.4 cm³/mol. The number of hydrogen-bond donors (Lipinski definition) is 1. The molecule has 72 valence electrons. The Balaban J connectivity index is 3.06. The Bertz CT molecular complexity index is 111. The summed E-state index contributed by atoms with van der Waals surface area (Å²) in [5.41, 5.74) is 0.464. The molecule has 0 unspecified atom stereocenters. The zero-order valence-corrected chi connectivity index (χ0v) is 8.82. The van der Waals surface area contributed by atoms with Crippen LogP contribution in [0, 0.1) is 5.41 Å². The lowest BCUT2D eigenvalue weighted by Gasteiger charge is -2.17. The third kappa shape index (κ3) is 9.70. The Morgan fingerprint density at radius 2 is 1.92 bits per heavy atom. The maximum absolute atomic E-state index is 3.69. The highest BCUT2D eigenvalue weighted by molar-refractivity contribution is 4.67. The van der Waals surface area contributed by atoms with Crippen LogP contribution in [0.4, 0.5) is 0 Å². The highest BCUT2D eigenvalue weighted by atomic mass is 14.8. The summed E-state index contributed by atoms with van der Waals surface area (Å²) in [5, 5.41) is 3.43. The first kappa shape index (κ1) is 11.7. The molecule has 0 aromatic heterocycles. The first-order chi connectivity index (χ1) is 5.56. The molecule has 0 saturated carbocycles. The van der Waals surface area contributed by atoms with Gasteiger partial charge in [-0.2, -0.15) is 0 Å². The summed E-state index contributed by atoms with van der Waals surface area (Å²) in [6.07, 6.45) is 5.57. The van der Waals surface area contributed by atoms with Crippen molar-refractivity contribution in [2.24, 2.45) is 5.41 Å². The van der Waals surface area contributed by atoms with Gasteiger partial charge in [0.1, 0.15) is 0 Å². The maximum atomic E-state index is 3.69. The molecule has 0 aromatic rings. The molecule has 1 N–H and O–H groups in total. The molecule has 0 aliphatic rings. The van der Waals surface area contributed by atoms with Gasteiger partial charge in [-0.25, -0.2) is 0 Å². The number of hydrogen-bond acceptors (Lipinski definition) is 1. The Kier molecular flexibility index (Phi) is 6.09. The highest BCUT2D eigenvalue weighted by Crippen LogP contribution is 2.16. The summed E-state index contributed by atoms with van der Waals surface area (Å²) >= 11 is 0. The van der Waals surface area contributed by atoms with Gasteiger partial charge in [0, 0.05) is 0 Å². The lowest BCUT2D eigenvalue weighted by atomic mass is 9.92. The minimum absolute atomic E-state index is 0.464. The maximum Gasteiger partial charge on any atom is -0.00439 e. The van der Waals surface area contributed by atoms with Crippen LogP contribution in [0.15, 0.2) is 12.7 Å². The quantitative estimate of drug-likeness (QED) is 0.476. The van der Waals surface area contributed by atoms with E-state index in [0.29, 0.717) is 5.41 Å². The summed E-state index contributed by atoms with van der Waals surface area (Å²) in [5.74, 6) is 0. The predicted octanol–water partition coefficient (Wildman–Crippen LogP) is 2.98. The van der Waals surface area contributed by atoms with Gasteiger partial charge in [-0.15, -0.1) is 6.58 Å². The van der Waals surface area contributed by atoms with Crippen LogP contribution in [0.5, 0.6) is 0 Å². The molecule has 0 atom stereocenters. The second-order valence-corrected chi connectivity index (χ2v) is 4.49. The van der Waals surface area contributed by atoms with Gasteiger partial charge in [0.25, 0.3) is 0 Å². The van der Waals surface area contributed by atoms with Crippen LogP contribution in [0.2, 0.25) is 0 Å². The van der Waals surface area contributed by atoms with Crippen LogP contribution in [0.25, 0.3) is 0 Å². The highest BCUT2D eigenvalue weighted by Gasteiger charge is 2.08. The molecule has 0 amide bonds. The van der Waals surface area contributed by atoms with E-state index < -0.39 is 0 Å². The van der Waals surface area contributed by atoms with Crippen LogP contribution in [0.3, 0.4) is 0 Å². The zero-order chi connectivity index (χ0) is 9.45. The standard InChI is InChI=1S/C11H23N/c1-5-6-7-9-12-10-8-11(2,3)4/h5,12H,1,6-10H2,2-4H3. The molecule has 0 spiro atoms. The summed E-state index contributed by atoms with van der Waals surface area (Å²) in [6, 6.07) is 0. The lowest BCUT2D eigenvalue weighted by molar-refractivity contribution is 0.367. The van der Waals surface area contributed by atoms with Gasteiger partial charge in [0.2, 0.25) is 0 Å². The van der Waals surface area contributed by atoms with Gasteiger partial charge in [-0.05, 0) is 37.8 Å². The van der Waals surface area contributed by atoms with Crippen molar-refractivity contribution in [3.05, 3.63) is 12.7 Å². The van der Waals surface area contributed by atoms with Crippen LogP contribution in [-0.2, 0) is 0 Å². The Labute approximate surface area is 77.2 Å². The van der Waals surface area contributed by atoms with Crippen molar-refractivity contribution >= 4 is 0 Å². The van der Waals surface area contributed by atoms with Crippen LogP contribution in [-0.4, -0.2) is 13.1 Å². The monoisotopic (exact) mass is 169 g/mol. The van der Waals surface area contributed by atoms with E-state index in [9.17, 15) is 0 Å². The zero-order valence-electron chi connectivity index (χ0n) is 8.82. The topological polar surface area (TPSA) is 12.0 Å². The average Bonchev–Trinajstić information content (AvgIpc) is 1.94. The number of unbranched alkanes of at least 4 members (excludes halogenated alkanes) is 1. The summed E-state index contributed by atoms with van der Waals surface area (Å²) in [7, 11) is 0. The molecule has 0 aromatic carbocycles. The van der Waals surface area contributed by atoms with Crippen LogP contribution >= 0.6 is 0 Å². The summed E-state index contributed by atoms with van der Waals surface area (Å²) in [6.45, 7) is 12.8. The molecule has 0 heterocycles. The van der Waals surface area contributed by atoms with E-state index in [1.165, 1.54) is 12.8 Å². The second kappa shape index (κ2) is 6.24. The van der Waals surface area contributed by atoms with E-state index in [0.717, 1.165) is 19.5 Å². The summed E-state index contributed by atoms with van der Waals surface area (Å²) in [4.78, 5) is 0. The van der Waals surface area contributed by atoms with Crippen molar-refractivity contribution in [1.29, 1.82) is 0 Å². The molecule has 1 heteroatoms. The van der Waals surface area contributed by atoms with E-state index in [4.69, 9.17) is 0 Å². The van der Waals surface area contributed by atoms with Crippen LogP contribution in [0.1, 0.15) is 40.0 Å². The van der Waals surface area contributed by atoms with Gasteiger partial charge in [0.15, 0.2) is 0 Å². The average molecular weight is 169 g/mol. The minimum atomic E-state index is 0.464. The third-order valence-electron chi connectivity index (χ3n) is 1.81. The van der Waals surface area contributed by atoms with E-state index in [1.54, 1.807) is 0 Å². The SMILES string of the molecule is C=CCCCNCCC(C)(C)C. The van der Waals surface area contributed by atoms with Gasteiger partial charge in [0.05, 0.1) is 0 Å². The fourth-order valence-electron chi connectivity index (χ4n) is 0.960. The second-order valence-electron chi connectivity index (χ2n) is 4.49. The van der Waals surface area contributed by atoms with Gasteiger partial charge in [-0.3, -0.25) is 0 Å². The molecule has 0 aliphatic carbocycles. The molecule has 0 aliphatic heterocycles. The van der Waals surface area contributed by atoms with Crippen molar-refractivity contribution in [3.63, 3.8) is 0 Å². The van der Waals surface area contributed by atoms with E-state index in [2.05, 4.69) is 32.7 Å². The van der Waals surface area contributed by atoms with E-state index in [-0.39, 0.29) is 0 Å². The number of rotatable bonds is 6. The largest absolute Gasteiger partial charge is 0.317 e. The number of nitrogens with one attached hydrogen (secondary N) is 1. The van der Waals surface area contributed by atoms with Crippen molar-refractivity contribution in [2.75, 3.05) is 13.1 Å². The first-order valence-corrected chi connectivity index (χ1v) is 4.88. The van der Waals surface area contributed by atoms with Crippen molar-refractivity contribution in [2.45, 2.75) is 40.0 Å². The van der Waals surface area contributed by atoms with Crippen molar-refractivity contribution in [1.82, 2.24) is 5.32 Å². The van der Waals surface area contributed by atoms with Gasteiger partial charge < -0.3 is 5.32 Å². The minimum Gasteiger partial charge on any atom is -0.317 e. The molecule has 0 rings (SSSR count). The molecule has 12 heavy (non-hydrogen) atoms. The van der Waals surface area contributed by atoms with E-state index in [1.807, 2.05) is 6.08 Å². The third-order valence-corrected chi connectivity index (χ3v) is 1.81. The molecule has 0 fully saturated rings. The Morgan fingerprint density at radius 3 is 2.42 bits per heavy atom. The molecule has 0 bridgehead atoms. The van der Waals surface area contributed by atoms with Crippen molar-refractivity contribution < 1.29 is 0 Å². The normalized spacial score (nSPS) is 11.6. The molecular formula is C11H23N. The summed E-state index contributed by atoms with van der Waals surface area (Å²) < 4.78 is 0. The fraction of sp³-hybridized carbons (Fsp3) is 0.818. The van der Waals surface area contributed by atoms with Crippen LogP contribution < -0.4 is 5.32 Å². The molecule has 1 nitrogen and oxygen atoms in total. The number of allylic oxidation sites excluding steroid dienone is 1.